The van der Waals surface area contributed by atoms with Gasteiger partial charge in [-0.15, -0.1) is 0 Å². The number of aromatic amines is 1. The van der Waals surface area contributed by atoms with Crippen LogP contribution in [-0.4, -0.2) is 23.0 Å². The molecule has 0 saturated carbocycles. The Labute approximate surface area is 124 Å². The molecule has 0 aliphatic rings. The second-order valence-electron chi connectivity index (χ2n) is 4.43. The number of nitrogens with one attached hydrogen (secondary N) is 2. The predicted molar refractivity (Wildman–Crippen MR) is 77.0 cm³/mol. The van der Waals surface area contributed by atoms with Crippen LogP contribution in [0.5, 0.6) is 0 Å². The zero-order valence-electron chi connectivity index (χ0n) is 11.6. The highest BCUT2D eigenvalue weighted by molar-refractivity contribution is 5.97. The lowest BCUT2D eigenvalue weighted by Gasteiger charge is -2.13. The van der Waals surface area contributed by atoms with E-state index in [4.69, 9.17) is 4.74 Å². The first kappa shape index (κ1) is 15.4. The van der Waals surface area contributed by atoms with E-state index in [2.05, 4.69) is 10.3 Å². The molecule has 1 heterocycles. The second-order valence-corrected chi connectivity index (χ2v) is 4.43. The first-order chi connectivity index (χ1) is 10.5. The minimum atomic E-state index is -1.19. The van der Waals surface area contributed by atoms with Crippen molar-refractivity contribution in [3.05, 3.63) is 64.3 Å². The number of halogens is 1. The number of anilines is 1. The topological polar surface area (TPSA) is 88.3 Å². The summed E-state index contributed by atoms with van der Waals surface area (Å²) in [6.07, 6.45) is 0.180. The number of hydrogen-bond acceptors (Lipinski definition) is 4. The third kappa shape index (κ3) is 3.57. The Morgan fingerprint density at radius 2 is 1.95 bits per heavy atom. The number of hydrogen-bond donors (Lipinski definition) is 2. The molecular weight excluding hydrogens is 291 g/mol. The second kappa shape index (κ2) is 6.66. The highest BCUT2D eigenvalue weighted by Crippen LogP contribution is 2.13. The van der Waals surface area contributed by atoms with E-state index in [9.17, 15) is 18.8 Å². The Morgan fingerprint density at radius 1 is 1.23 bits per heavy atom. The van der Waals surface area contributed by atoms with Crippen LogP contribution in [0.1, 0.15) is 17.3 Å². The van der Waals surface area contributed by atoms with Gasteiger partial charge in [-0.25, -0.2) is 9.18 Å². The number of amides is 1. The molecule has 0 bridgehead atoms. The van der Waals surface area contributed by atoms with Crippen LogP contribution in [0.3, 0.4) is 0 Å². The van der Waals surface area contributed by atoms with E-state index < -0.39 is 29.4 Å². The number of para-hydroxylation sites is 1. The zero-order valence-corrected chi connectivity index (χ0v) is 11.6. The summed E-state index contributed by atoms with van der Waals surface area (Å²) in [6.45, 7) is 1.32. The molecule has 2 N–H and O–H groups in total. The quantitative estimate of drug-likeness (QED) is 0.841. The number of carbonyl (C=O) groups excluding carboxylic acids is 2. The molecule has 6 nitrogen and oxygen atoms in total. The lowest BCUT2D eigenvalue weighted by atomic mass is 10.2. The molecule has 2 aromatic rings. The molecule has 0 fully saturated rings. The van der Waals surface area contributed by atoms with Crippen molar-refractivity contribution < 1.29 is 18.7 Å². The summed E-state index contributed by atoms with van der Waals surface area (Å²) in [5.74, 6) is -2.24. The van der Waals surface area contributed by atoms with Gasteiger partial charge in [0.05, 0.1) is 5.69 Å². The fourth-order valence-corrected chi connectivity index (χ4v) is 1.66. The largest absolute Gasteiger partial charge is 0.449 e. The fourth-order valence-electron chi connectivity index (χ4n) is 1.66. The molecule has 1 atom stereocenters. The number of ether oxygens (including phenoxy) is 1. The zero-order chi connectivity index (χ0) is 16.1. The Morgan fingerprint density at radius 3 is 2.64 bits per heavy atom. The smallest absolute Gasteiger partial charge is 0.344 e. The molecular formula is C15H13FN2O4. The summed E-state index contributed by atoms with van der Waals surface area (Å²) in [6, 6.07) is 8.35. The highest BCUT2D eigenvalue weighted by Gasteiger charge is 2.21. The maximum atomic E-state index is 13.4. The van der Waals surface area contributed by atoms with E-state index in [0.717, 1.165) is 0 Å². The van der Waals surface area contributed by atoms with Gasteiger partial charge in [-0.2, -0.15) is 0 Å². The van der Waals surface area contributed by atoms with Crippen LogP contribution in [0.15, 0.2) is 47.4 Å². The van der Waals surface area contributed by atoms with Crippen molar-refractivity contribution in [2.24, 2.45) is 0 Å². The maximum Gasteiger partial charge on any atom is 0.344 e. The minimum Gasteiger partial charge on any atom is -0.449 e. The van der Waals surface area contributed by atoms with E-state index in [1.165, 1.54) is 43.5 Å². The van der Waals surface area contributed by atoms with Crippen molar-refractivity contribution in [1.29, 1.82) is 0 Å². The third-order valence-electron chi connectivity index (χ3n) is 2.82. The number of carbonyl (C=O) groups is 2. The molecule has 0 aliphatic carbocycles. The van der Waals surface area contributed by atoms with Crippen LogP contribution < -0.4 is 10.9 Å². The average Bonchev–Trinajstić information content (AvgIpc) is 2.49. The third-order valence-corrected chi connectivity index (χ3v) is 2.82. The molecule has 0 saturated heterocycles. The Hall–Kier alpha value is -2.96. The standard InChI is InChI=1S/C15H13FN2O4/c1-9(13(19)18-12-7-3-2-6-11(12)16)22-15(21)10-5-4-8-17-14(10)20/h2-9H,1H3,(H,17,20)(H,18,19)/t9-/m0/s1. The highest BCUT2D eigenvalue weighted by atomic mass is 19.1. The van der Waals surface area contributed by atoms with Crippen LogP contribution in [0.4, 0.5) is 10.1 Å². The van der Waals surface area contributed by atoms with E-state index in [1.54, 1.807) is 6.07 Å². The van der Waals surface area contributed by atoms with E-state index in [0.29, 0.717) is 0 Å². The molecule has 0 spiro atoms. The van der Waals surface area contributed by atoms with Gasteiger partial charge < -0.3 is 15.0 Å². The Kier molecular flexibility index (Phi) is 4.67. The number of H-pyrrole nitrogens is 1. The van der Waals surface area contributed by atoms with E-state index in [-0.39, 0.29) is 11.3 Å². The van der Waals surface area contributed by atoms with Crippen LogP contribution in [0, 0.1) is 5.82 Å². The minimum absolute atomic E-state index is 0.0204. The van der Waals surface area contributed by atoms with Gasteiger partial charge in [0.15, 0.2) is 6.10 Å². The van der Waals surface area contributed by atoms with Gasteiger partial charge in [0.25, 0.3) is 11.5 Å². The van der Waals surface area contributed by atoms with Gasteiger partial charge in [0.1, 0.15) is 11.4 Å². The predicted octanol–water partition coefficient (Wildman–Crippen LogP) is 1.70. The van der Waals surface area contributed by atoms with Crippen LogP contribution >= 0.6 is 0 Å². The van der Waals surface area contributed by atoms with Crippen molar-refractivity contribution in [1.82, 2.24) is 4.98 Å². The summed E-state index contributed by atoms with van der Waals surface area (Å²) < 4.78 is 18.3. The molecule has 1 aromatic heterocycles. The molecule has 0 radical (unpaired) electrons. The number of benzene rings is 1. The Bertz CT molecular complexity index is 757. The Balaban J connectivity index is 2.03. The number of esters is 1. The van der Waals surface area contributed by atoms with Gasteiger partial charge in [0.2, 0.25) is 0 Å². The van der Waals surface area contributed by atoms with Gasteiger partial charge in [-0.1, -0.05) is 12.1 Å². The van der Waals surface area contributed by atoms with Gasteiger partial charge in [-0.05, 0) is 31.2 Å². The molecule has 7 heteroatoms. The SMILES string of the molecule is C[C@H](OC(=O)c1ccc[nH]c1=O)C(=O)Nc1ccccc1F. The van der Waals surface area contributed by atoms with Gasteiger partial charge >= 0.3 is 5.97 Å². The molecule has 22 heavy (non-hydrogen) atoms. The molecule has 0 unspecified atom stereocenters. The van der Waals surface area contributed by atoms with Gasteiger partial charge in [0, 0.05) is 6.20 Å². The van der Waals surface area contributed by atoms with Crippen molar-refractivity contribution in [3.63, 3.8) is 0 Å². The summed E-state index contributed by atoms with van der Waals surface area (Å²) in [4.78, 5) is 37.4. The number of pyridine rings is 1. The van der Waals surface area contributed by atoms with Crippen LogP contribution in [0.25, 0.3) is 0 Å². The number of rotatable bonds is 4. The molecule has 1 aromatic carbocycles. The van der Waals surface area contributed by atoms with Crippen molar-refractivity contribution in [2.75, 3.05) is 5.32 Å². The van der Waals surface area contributed by atoms with E-state index >= 15 is 0 Å². The molecule has 2 rings (SSSR count). The van der Waals surface area contributed by atoms with Crippen molar-refractivity contribution in [2.45, 2.75) is 13.0 Å². The van der Waals surface area contributed by atoms with E-state index in [1.807, 2.05) is 0 Å². The summed E-state index contributed by atoms with van der Waals surface area (Å²) in [5, 5.41) is 2.30. The van der Waals surface area contributed by atoms with Gasteiger partial charge in [-0.3, -0.25) is 9.59 Å². The van der Waals surface area contributed by atoms with Crippen molar-refractivity contribution in [3.8, 4) is 0 Å². The fraction of sp³-hybridized carbons (Fsp3) is 0.133. The summed E-state index contributed by atoms with van der Waals surface area (Å²) in [7, 11) is 0. The lowest BCUT2D eigenvalue weighted by molar-refractivity contribution is -0.123. The molecule has 0 aliphatic heterocycles. The van der Waals surface area contributed by atoms with Crippen LogP contribution in [-0.2, 0) is 9.53 Å². The maximum absolute atomic E-state index is 13.4. The summed E-state index contributed by atoms with van der Waals surface area (Å²) >= 11 is 0. The van der Waals surface area contributed by atoms with Crippen LogP contribution in [0.2, 0.25) is 0 Å². The summed E-state index contributed by atoms with van der Waals surface area (Å²) in [5.41, 5.74) is -0.852. The molecule has 1 amide bonds. The van der Waals surface area contributed by atoms with Crippen molar-refractivity contribution >= 4 is 17.6 Å². The normalized spacial score (nSPS) is 11.5. The first-order valence-corrected chi connectivity index (χ1v) is 6.43. The molecule has 114 valence electrons. The number of aromatic nitrogens is 1. The first-order valence-electron chi connectivity index (χ1n) is 6.43. The monoisotopic (exact) mass is 304 g/mol. The average molecular weight is 304 g/mol. The lowest BCUT2D eigenvalue weighted by Crippen LogP contribution is -2.31.